The first-order valence-corrected chi connectivity index (χ1v) is 8.16. The number of nitrogens with zero attached hydrogens (tertiary/aromatic N) is 1. The summed E-state index contributed by atoms with van der Waals surface area (Å²) < 4.78 is 6.14. The van der Waals surface area contributed by atoms with E-state index in [1.54, 1.807) is 0 Å². The van der Waals surface area contributed by atoms with Crippen LogP contribution in [-0.2, 0) is 0 Å². The van der Waals surface area contributed by atoms with Gasteiger partial charge in [0.25, 0.3) is 0 Å². The van der Waals surface area contributed by atoms with Gasteiger partial charge in [0.05, 0.1) is 11.9 Å². The summed E-state index contributed by atoms with van der Waals surface area (Å²) in [6.45, 7) is 6.36. The highest BCUT2D eigenvalue weighted by atomic mass is 16.5. The van der Waals surface area contributed by atoms with E-state index in [9.17, 15) is 0 Å². The number of hydrogen-bond acceptors (Lipinski definition) is 3. The molecular weight excluding hydrogens is 272 g/mol. The van der Waals surface area contributed by atoms with Crippen molar-refractivity contribution < 1.29 is 4.74 Å². The van der Waals surface area contributed by atoms with Gasteiger partial charge in [-0.05, 0) is 44.4 Å². The number of nitrogens with one attached hydrogen (secondary N) is 1. The Morgan fingerprint density at radius 3 is 2.68 bits per heavy atom. The smallest absolute Gasteiger partial charge is 0.138 e. The van der Waals surface area contributed by atoms with Crippen molar-refractivity contribution in [1.82, 2.24) is 10.3 Å². The van der Waals surface area contributed by atoms with Crippen LogP contribution in [0.3, 0.4) is 0 Å². The van der Waals surface area contributed by atoms with Gasteiger partial charge in [0.1, 0.15) is 11.9 Å². The van der Waals surface area contributed by atoms with Gasteiger partial charge in [0.15, 0.2) is 0 Å². The third kappa shape index (κ3) is 3.47. The number of pyridine rings is 1. The Morgan fingerprint density at radius 1 is 1.18 bits per heavy atom. The van der Waals surface area contributed by atoms with Gasteiger partial charge in [-0.2, -0.15) is 0 Å². The summed E-state index contributed by atoms with van der Waals surface area (Å²) in [5.74, 6) is 1.50. The Labute approximate surface area is 132 Å². The van der Waals surface area contributed by atoms with E-state index in [1.165, 1.54) is 18.4 Å². The predicted molar refractivity (Wildman–Crippen MR) is 90.1 cm³/mol. The zero-order valence-electron chi connectivity index (χ0n) is 13.4. The number of rotatable bonds is 4. The second-order valence-electron chi connectivity index (χ2n) is 6.06. The highest BCUT2D eigenvalue weighted by Gasteiger charge is 2.25. The molecule has 2 heterocycles. The topological polar surface area (TPSA) is 34.1 Å². The number of hydrogen-bond donors (Lipinski definition) is 1. The molecule has 1 N–H and O–H groups in total. The van der Waals surface area contributed by atoms with Crippen LogP contribution >= 0.6 is 0 Å². The van der Waals surface area contributed by atoms with Crippen LogP contribution in [0.5, 0.6) is 5.75 Å². The van der Waals surface area contributed by atoms with E-state index in [0.717, 1.165) is 30.1 Å². The molecule has 0 bridgehead atoms. The van der Waals surface area contributed by atoms with Crippen LogP contribution in [0.1, 0.15) is 25.3 Å². The minimum absolute atomic E-state index is 0.255. The van der Waals surface area contributed by atoms with Crippen LogP contribution in [-0.4, -0.2) is 24.2 Å². The monoisotopic (exact) mass is 296 g/mol. The van der Waals surface area contributed by atoms with Crippen LogP contribution in [0.15, 0.2) is 42.6 Å². The van der Waals surface area contributed by atoms with Crippen LogP contribution < -0.4 is 10.1 Å². The maximum Gasteiger partial charge on any atom is 0.138 e. The maximum atomic E-state index is 6.14. The lowest BCUT2D eigenvalue weighted by Crippen LogP contribution is -2.43. The highest BCUT2D eigenvalue weighted by Crippen LogP contribution is 2.24. The Hall–Kier alpha value is -1.87. The summed E-state index contributed by atoms with van der Waals surface area (Å²) in [6, 6.07) is 12.5. The van der Waals surface area contributed by atoms with Crippen LogP contribution in [0, 0.1) is 12.8 Å². The Balaban J connectivity index is 1.70. The van der Waals surface area contributed by atoms with Crippen molar-refractivity contribution in [3.05, 3.63) is 48.2 Å². The molecule has 3 rings (SSSR count). The average molecular weight is 296 g/mol. The zero-order valence-corrected chi connectivity index (χ0v) is 13.4. The van der Waals surface area contributed by atoms with Crippen LogP contribution in [0.4, 0.5) is 0 Å². The third-order valence-corrected chi connectivity index (χ3v) is 4.46. The summed E-state index contributed by atoms with van der Waals surface area (Å²) in [7, 11) is 0. The van der Waals surface area contributed by atoms with Crippen LogP contribution in [0.2, 0.25) is 0 Å². The quantitative estimate of drug-likeness (QED) is 0.931. The van der Waals surface area contributed by atoms with Crippen molar-refractivity contribution in [2.45, 2.75) is 32.8 Å². The Kier molecular flexibility index (Phi) is 4.74. The lowest BCUT2D eigenvalue weighted by molar-refractivity contribution is 0.102. The molecule has 2 aromatic rings. The molecule has 1 aliphatic heterocycles. The maximum absolute atomic E-state index is 6.14. The Morgan fingerprint density at radius 2 is 2.00 bits per heavy atom. The van der Waals surface area contributed by atoms with E-state index in [-0.39, 0.29) is 6.10 Å². The van der Waals surface area contributed by atoms with E-state index in [2.05, 4.69) is 48.4 Å². The molecule has 116 valence electrons. The summed E-state index contributed by atoms with van der Waals surface area (Å²) in [5, 5.41) is 3.42. The van der Waals surface area contributed by atoms with Crippen molar-refractivity contribution in [3.8, 4) is 17.0 Å². The molecule has 3 nitrogen and oxygen atoms in total. The van der Waals surface area contributed by atoms with Gasteiger partial charge >= 0.3 is 0 Å². The predicted octanol–water partition coefficient (Wildman–Crippen LogP) is 3.82. The lowest BCUT2D eigenvalue weighted by atomic mass is 9.92. The molecule has 1 saturated heterocycles. The minimum atomic E-state index is 0.255. The number of piperidine rings is 1. The zero-order chi connectivity index (χ0) is 15.4. The summed E-state index contributed by atoms with van der Waals surface area (Å²) in [4.78, 5) is 4.55. The summed E-state index contributed by atoms with van der Waals surface area (Å²) in [6.07, 6.45) is 4.46. The fourth-order valence-electron chi connectivity index (χ4n) is 3.01. The molecule has 22 heavy (non-hydrogen) atoms. The van der Waals surface area contributed by atoms with Gasteiger partial charge in [-0.1, -0.05) is 36.8 Å². The fraction of sp³-hybridized carbons (Fsp3) is 0.421. The van der Waals surface area contributed by atoms with Gasteiger partial charge in [-0.3, -0.25) is 4.98 Å². The molecule has 3 heteroatoms. The molecule has 0 saturated carbocycles. The first-order chi connectivity index (χ1) is 10.8. The molecule has 0 spiro atoms. The van der Waals surface area contributed by atoms with Gasteiger partial charge in [-0.25, -0.2) is 0 Å². The number of aryl methyl sites for hydroxylation is 1. The molecular formula is C19H24N2O. The average Bonchev–Trinajstić information content (AvgIpc) is 2.57. The van der Waals surface area contributed by atoms with E-state index < -0.39 is 0 Å². The molecule has 1 aromatic heterocycles. The summed E-state index contributed by atoms with van der Waals surface area (Å²) in [5.41, 5.74) is 3.39. The molecule has 2 atom stereocenters. The van der Waals surface area contributed by atoms with Crippen molar-refractivity contribution in [1.29, 1.82) is 0 Å². The van der Waals surface area contributed by atoms with Crippen molar-refractivity contribution in [3.63, 3.8) is 0 Å². The van der Waals surface area contributed by atoms with Crippen molar-refractivity contribution in [2.24, 2.45) is 5.92 Å². The summed E-state index contributed by atoms with van der Waals surface area (Å²) >= 11 is 0. The molecule has 1 unspecified atom stereocenters. The number of benzene rings is 1. The van der Waals surface area contributed by atoms with E-state index >= 15 is 0 Å². The van der Waals surface area contributed by atoms with E-state index in [0.29, 0.717) is 5.92 Å². The fourth-order valence-corrected chi connectivity index (χ4v) is 3.01. The second-order valence-corrected chi connectivity index (χ2v) is 6.06. The lowest BCUT2D eigenvalue weighted by Gasteiger charge is -2.31. The molecule has 0 radical (unpaired) electrons. The molecule has 0 aliphatic carbocycles. The second kappa shape index (κ2) is 6.93. The van der Waals surface area contributed by atoms with Gasteiger partial charge in [-0.15, -0.1) is 0 Å². The molecule has 1 fully saturated rings. The number of aromatic nitrogens is 1. The molecule has 0 amide bonds. The third-order valence-electron chi connectivity index (χ3n) is 4.46. The Bertz CT molecular complexity index is 592. The number of ether oxygens (including phenoxy) is 1. The minimum Gasteiger partial charge on any atom is -0.487 e. The van der Waals surface area contributed by atoms with Crippen molar-refractivity contribution >= 4 is 0 Å². The van der Waals surface area contributed by atoms with Gasteiger partial charge in [0.2, 0.25) is 0 Å². The van der Waals surface area contributed by atoms with Crippen molar-refractivity contribution in [2.75, 3.05) is 13.1 Å². The standard InChI is InChI=1S/C19H24N2O/c1-3-15-10-11-20-13-19(15)22-17-8-9-18(21-12-17)16-6-4-14(2)5-7-16/h4-9,12,15,19-20H,3,10-11,13H2,1-2H3/t15?,19-/m0/s1. The largest absolute Gasteiger partial charge is 0.487 e. The SMILES string of the molecule is CCC1CCNC[C@@H]1Oc1ccc(-c2ccc(C)cc2)nc1. The van der Waals surface area contributed by atoms with E-state index in [1.807, 2.05) is 18.3 Å². The molecule has 1 aromatic carbocycles. The van der Waals surface area contributed by atoms with E-state index in [4.69, 9.17) is 4.74 Å². The first kappa shape index (κ1) is 15.0. The first-order valence-electron chi connectivity index (χ1n) is 8.16. The van der Waals surface area contributed by atoms with Gasteiger partial charge < -0.3 is 10.1 Å². The van der Waals surface area contributed by atoms with Crippen LogP contribution in [0.25, 0.3) is 11.3 Å². The highest BCUT2D eigenvalue weighted by molar-refractivity contribution is 5.59. The van der Waals surface area contributed by atoms with Gasteiger partial charge in [0, 0.05) is 12.1 Å². The normalized spacial score (nSPS) is 21.5. The molecule has 1 aliphatic rings.